The minimum Gasteiger partial charge on any atom is -0.477 e. The van der Waals surface area contributed by atoms with Gasteiger partial charge in [0.2, 0.25) is 0 Å². The van der Waals surface area contributed by atoms with Crippen LogP contribution in [0.1, 0.15) is 9.67 Å². The van der Waals surface area contributed by atoms with Crippen molar-refractivity contribution in [3.63, 3.8) is 0 Å². The smallest absolute Gasteiger partial charge is 0.348 e. The normalized spacial score (nSPS) is 11.1. The maximum Gasteiger partial charge on any atom is 0.348 e. The predicted octanol–water partition coefficient (Wildman–Crippen LogP) is 4.33. The zero-order chi connectivity index (χ0) is 10.5. The summed E-state index contributed by atoms with van der Waals surface area (Å²) in [7, 11) is 0. The van der Waals surface area contributed by atoms with Gasteiger partial charge in [-0.05, 0) is 31.9 Å². The van der Waals surface area contributed by atoms with Gasteiger partial charge in [0.15, 0.2) is 5.82 Å². The van der Waals surface area contributed by atoms with Crippen LogP contribution in [0.25, 0.3) is 10.1 Å². The van der Waals surface area contributed by atoms with E-state index in [1.54, 1.807) is 0 Å². The van der Waals surface area contributed by atoms with Gasteiger partial charge < -0.3 is 5.11 Å². The summed E-state index contributed by atoms with van der Waals surface area (Å²) < 4.78 is 15.5. The zero-order valence-electron chi connectivity index (χ0n) is 6.31. The monoisotopic (exact) mass is 358 g/mol. The van der Waals surface area contributed by atoms with Crippen LogP contribution in [0.4, 0.5) is 4.39 Å². The van der Waals surface area contributed by atoms with Gasteiger partial charge in [0.05, 0.1) is 17.7 Å². The average molecular weight is 360 g/mol. The Hall–Kier alpha value is 0.0200. The van der Waals surface area contributed by atoms with Crippen molar-refractivity contribution in [3.05, 3.63) is 18.3 Å². The Labute approximate surface area is 103 Å². The van der Waals surface area contributed by atoms with E-state index in [2.05, 4.69) is 31.9 Å². The van der Waals surface area contributed by atoms with Crippen LogP contribution in [0.2, 0.25) is 0 Å². The Balaban J connectivity index is 2.87. The number of carboxylic acid groups (broad SMARTS) is 1. The van der Waals surface area contributed by atoms with Gasteiger partial charge in [-0.15, -0.1) is 22.7 Å². The third-order valence-corrected chi connectivity index (χ3v) is 5.69. The fraction of sp³-hybridized carbons (Fsp3) is 0. The minimum atomic E-state index is -1.23. The van der Waals surface area contributed by atoms with Gasteiger partial charge in [-0.25, -0.2) is 9.18 Å². The first kappa shape index (κ1) is 10.5. The molecule has 74 valence electrons. The number of carboxylic acids is 1. The molecule has 0 atom stereocenters. The van der Waals surface area contributed by atoms with Crippen molar-refractivity contribution in [2.75, 3.05) is 0 Å². The van der Waals surface area contributed by atoms with Gasteiger partial charge in [-0.2, -0.15) is 0 Å². The number of rotatable bonds is 1. The Morgan fingerprint density at radius 3 is 2.43 bits per heavy atom. The van der Waals surface area contributed by atoms with Crippen molar-refractivity contribution in [1.29, 1.82) is 0 Å². The predicted molar refractivity (Wildman–Crippen MR) is 62.0 cm³/mol. The summed E-state index contributed by atoms with van der Waals surface area (Å²) in [4.78, 5) is 10.4. The van der Waals surface area contributed by atoms with E-state index in [-0.39, 0.29) is 4.88 Å². The summed E-state index contributed by atoms with van der Waals surface area (Å²) in [6.45, 7) is 0. The molecule has 0 aliphatic heterocycles. The number of hydrogen-bond acceptors (Lipinski definition) is 3. The summed E-state index contributed by atoms with van der Waals surface area (Å²) in [5.74, 6) is -1.89. The summed E-state index contributed by atoms with van der Waals surface area (Å²) in [5, 5.41) is 9.06. The van der Waals surface area contributed by atoms with E-state index >= 15 is 0 Å². The fourth-order valence-electron chi connectivity index (χ4n) is 1.04. The van der Waals surface area contributed by atoms with Crippen LogP contribution in [-0.2, 0) is 0 Å². The third-order valence-electron chi connectivity index (χ3n) is 1.60. The molecule has 14 heavy (non-hydrogen) atoms. The molecular formula is C7HBr2FO2S2. The van der Waals surface area contributed by atoms with E-state index in [0.29, 0.717) is 13.9 Å². The van der Waals surface area contributed by atoms with Crippen molar-refractivity contribution >= 4 is 70.6 Å². The van der Waals surface area contributed by atoms with E-state index in [9.17, 15) is 9.18 Å². The quantitative estimate of drug-likeness (QED) is 0.822. The van der Waals surface area contributed by atoms with Gasteiger partial charge in [-0.1, -0.05) is 0 Å². The van der Waals surface area contributed by atoms with Crippen LogP contribution in [-0.4, -0.2) is 11.1 Å². The molecule has 0 saturated carbocycles. The lowest BCUT2D eigenvalue weighted by atomic mass is 10.3. The summed E-state index contributed by atoms with van der Waals surface area (Å²) >= 11 is 8.72. The largest absolute Gasteiger partial charge is 0.477 e. The number of halogens is 3. The molecule has 0 unspecified atom stereocenters. The topological polar surface area (TPSA) is 37.3 Å². The van der Waals surface area contributed by atoms with Crippen LogP contribution in [0, 0.1) is 5.82 Å². The first-order chi connectivity index (χ1) is 6.52. The molecule has 2 nitrogen and oxygen atoms in total. The second kappa shape index (κ2) is 3.55. The molecule has 0 aliphatic carbocycles. The number of hydrogen-bond donors (Lipinski definition) is 1. The molecule has 0 amide bonds. The van der Waals surface area contributed by atoms with E-state index in [1.807, 2.05) is 0 Å². The number of fused-ring (bicyclic) bond motifs is 1. The molecule has 0 saturated heterocycles. The Bertz CT molecular complexity index is 531. The molecule has 0 spiro atoms. The maximum absolute atomic E-state index is 13.5. The van der Waals surface area contributed by atoms with Gasteiger partial charge in [-0.3, -0.25) is 0 Å². The Kier molecular flexibility index (Phi) is 2.67. The highest BCUT2D eigenvalue weighted by Gasteiger charge is 2.23. The number of carbonyl (C=O) groups is 1. The van der Waals surface area contributed by atoms with Gasteiger partial charge in [0, 0.05) is 0 Å². The minimum absolute atomic E-state index is 0.246. The average Bonchev–Trinajstić information content (AvgIpc) is 2.54. The Morgan fingerprint density at radius 1 is 1.29 bits per heavy atom. The first-order valence-electron chi connectivity index (χ1n) is 3.31. The number of thiophene rings is 2. The molecule has 0 radical (unpaired) electrons. The number of aromatic carboxylic acids is 1. The second-order valence-electron chi connectivity index (χ2n) is 2.40. The third kappa shape index (κ3) is 1.42. The van der Waals surface area contributed by atoms with Crippen molar-refractivity contribution in [2.45, 2.75) is 0 Å². The molecular weight excluding hydrogens is 359 g/mol. The van der Waals surface area contributed by atoms with E-state index in [0.717, 1.165) is 15.1 Å². The van der Waals surface area contributed by atoms with Crippen LogP contribution in [0.15, 0.2) is 7.57 Å². The highest BCUT2D eigenvalue weighted by atomic mass is 79.9. The van der Waals surface area contributed by atoms with E-state index in [1.165, 1.54) is 11.3 Å². The van der Waals surface area contributed by atoms with Crippen LogP contribution in [0.3, 0.4) is 0 Å². The maximum atomic E-state index is 13.5. The molecule has 0 aliphatic rings. The first-order valence-corrected chi connectivity index (χ1v) is 6.53. The molecule has 2 rings (SSSR count). The lowest BCUT2D eigenvalue weighted by Gasteiger charge is -1.86. The SMILES string of the molecule is O=C(O)c1sc2c(Br)sc(Br)c2c1F. The Morgan fingerprint density at radius 2 is 1.93 bits per heavy atom. The van der Waals surface area contributed by atoms with Crippen LogP contribution < -0.4 is 0 Å². The van der Waals surface area contributed by atoms with Crippen molar-refractivity contribution in [2.24, 2.45) is 0 Å². The lowest BCUT2D eigenvalue weighted by molar-refractivity contribution is 0.0698. The summed E-state index contributed by atoms with van der Waals surface area (Å²) in [6.07, 6.45) is 0. The molecule has 7 heteroatoms. The lowest BCUT2D eigenvalue weighted by Crippen LogP contribution is -1.94. The van der Waals surface area contributed by atoms with Crippen LogP contribution >= 0.6 is 54.5 Å². The van der Waals surface area contributed by atoms with Gasteiger partial charge >= 0.3 is 5.97 Å². The van der Waals surface area contributed by atoms with Crippen molar-refractivity contribution < 1.29 is 14.3 Å². The van der Waals surface area contributed by atoms with E-state index < -0.39 is 11.8 Å². The van der Waals surface area contributed by atoms with E-state index in [4.69, 9.17) is 5.11 Å². The molecule has 1 N–H and O–H groups in total. The molecule has 0 aromatic carbocycles. The highest BCUT2D eigenvalue weighted by Crippen LogP contribution is 2.45. The van der Waals surface area contributed by atoms with Crippen molar-refractivity contribution in [1.82, 2.24) is 0 Å². The van der Waals surface area contributed by atoms with Gasteiger partial charge in [0.1, 0.15) is 4.88 Å². The summed E-state index contributed by atoms with van der Waals surface area (Å²) in [6, 6.07) is 0. The van der Waals surface area contributed by atoms with Crippen LogP contribution in [0.5, 0.6) is 0 Å². The molecule has 2 aromatic heterocycles. The highest BCUT2D eigenvalue weighted by molar-refractivity contribution is 9.12. The fourth-order valence-corrected chi connectivity index (χ4v) is 5.42. The van der Waals surface area contributed by atoms with Gasteiger partial charge in [0.25, 0.3) is 0 Å². The molecule has 2 aromatic rings. The standard InChI is InChI=1S/C7HBr2FO2S2/c8-5-1-2(10)4(7(11)12)13-3(1)6(9)14-5/h(H,11,12). The molecule has 0 bridgehead atoms. The second-order valence-corrected chi connectivity index (χ2v) is 7.08. The summed E-state index contributed by atoms with van der Waals surface area (Å²) in [5.41, 5.74) is 0. The molecule has 0 fully saturated rings. The zero-order valence-corrected chi connectivity index (χ0v) is 11.1. The van der Waals surface area contributed by atoms with Crippen molar-refractivity contribution in [3.8, 4) is 0 Å². The molecule has 2 heterocycles.